The normalized spacial score (nSPS) is 18.0. The summed E-state index contributed by atoms with van der Waals surface area (Å²) in [6.45, 7) is 0. The van der Waals surface area contributed by atoms with Crippen molar-refractivity contribution in [2.45, 2.75) is 36.9 Å². The number of ether oxygens (including phenoxy) is 1. The summed E-state index contributed by atoms with van der Waals surface area (Å²) in [7, 11) is 1.40. The minimum atomic E-state index is -0.535. The van der Waals surface area contributed by atoms with Gasteiger partial charge in [0.2, 0.25) is 0 Å². The van der Waals surface area contributed by atoms with Crippen molar-refractivity contribution in [2.75, 3.05) is 7.11 Å². The molecule has 1 fully saturated rings. The van der Waals surface area contributed by atoms with Crippen LogP contribution >= 0.6 is 15.9 Å². The first-order valence-corrected chi connectivity index (χ1v) is 7.20. The highest BCUT2D eigenvalue weighted by molar-refractivity contribution is 9.09. The minimum Gasteiger partial charge on any atom is -0.497 e. The molecule has 0 spiro atoms. The third-order valence-corrected chi connectivity index (χ3v) is 4.45. The van der Waals surface area contributed by atoms with Gasteiger partial charge in [0.1, 0.15) is 17.4 Å². The minimum absolute atomic E-state index is 0.128. The van der Waals surface area contributed by atoms with Crippen LogP contribution in [0.25, 0.3) is 0 Å². The Labute approximate surface area is 115 Å². The molecular formula is C14H17BrF2O. The van der Waals surface area contributed by atoms with E-state index in [1.165, 1.54) is 44.9 Å². The summed E-state index contributed by atoms with van der Waals surface area (Å²) < 4.78 is 32.6. The summed E-state index contributed by atoms with van der Waals surface area (Å²) >= 11 is 3.42. The van der Waals surface area contributed by atoms with E-state index in [1.807, 2.05) is 0 Å². The Bertz CT molecular complexity index is 393. The fourth-order valence-corrected chi connectivity index (χ4v) is 3.60. The molecule has 4 heteroatoms. The molecule has 0 heterocycles. The van der Waals surface area contributed by atoms with E-state index in [2.05, 4.69) is 15.9 Å². The van der Waals surface area contributed by atoms with E-state index >= 15 is 0 Å². The third kappa shape index (κ3) is 3.02. The molecule has 0 bridgehead atoms. The van der Waals surface area contributed by atoms with Crippen LogP contribution in [0.3, 0.4) is 0 Å². The molecule has 0 saturated heterocycles. The molecule has 1 nitrogen and oxygen atoms in total. The molecular weight excluding hydrogens is 302 g/mol. The second-order valence-electron chi connectivity index (χ2n) is 4.86. The number of methoxy groups -OCH3 is 1. The van der Waals surface area contributed by atoms with Crippen molar-refractivity contribution in [3.05, 3.63) is 29.3 Å². The van der Waals surface area contributed by atoms with Crippen molar-refractivity contribution in [2.24, 2.45) is 5.92 Å². The van der Waals surface area contributed by atoms with Crippen LogP contribution in [0.2, 0.25) is 0 Å². The van der Waals surface area contributed by atoms with Crippen molar-refractivity contribution in [3.8, 4) is 5.75 Å². The molecule has 1 aromatic carbocycles. The Morgan fingerprint density at radius 2 is 1.83 bits per heavy atom. The highest BCUT2D eigenvalue weighted by atomic mass is 79.9. The molecule has 1 aliphatic rings. The predicted octanol–water partition coefficient (Wildman–Crippen LogP) is 4.99. The molecule has 1 atom stereocenters. The summed E-state index contributed by atoms with van der Waals surface area (Å²) in [6.07, 6.45) is 5.60. The average molecular weight is 319 g/mol. The van der Waals surface area contributed by atoms with Crippen molar-refractivity contribution in [1.29, 1.82) is 0 Å². The second kappa shape index (κ2) is 6.00. The maximum atomic E-state index is 13.9. The highest BCUT2D eigenvalue weighted by Crippen LogP contribution is 2.39. The first-order valence-electron chi connectivity index (χ1n) is 6.28. The predicted molar refractivity (Wildman–Crippen MR) is 71.2 cm³/mol. The fraction of sp³-hybridized carbons (Fsp3) is 0.571. The molecule has 100 valence electrons. The standard InChI is InChI=1S/C14H17BrF2O/c1-18-10-7-12(16)14(13(17)8-10)11(15)6-9-4-2-3-5-9/h7-9,11H,2-6H2,1H3. The number of alkyl halides is 1. The molecule has 18 heavy (non-hydrogen) atoms. The van der Waals surface area contributed by atoms with Crippen LogP contribution in [0, 0.1) is 17.6 Å². The van der Waals surface area contributed by atoms with Gasteiger partial charge in [-0.05, 0) is 12.3 Å². The molecule has 1 aromatic rings. The summed E-state index contributed by atoms with van der Waals surface area (Å²) in [6, 6.07) is 2.47. The Morgan fingerprint density at radius 1 is 1.28 bits per heavy atom. The third-order valence-electron chi connectivity index (χ3n) is 3.62. The van der Waals surface area contributed by atoms with Crippen LogP contribution in [0.15, 0.2) is 12.1 Å². The van der Waals surface area contributed by atoms with Gasteiger partial charge in [0.15, 0.2) is 0 Å². The Kier molecular flexibility index (Phi) is 4.60. The Balaban J connectivity index is 2.15. The van der Waals surface area contributed by atoms with Gasteiger partial charge in [-0.25, -0.2) is 8.78 Å². The summed E-state index contributed by atoms with van der Waals surface area (Å²) in [5.41, 5.74) is 0.128. The molecule has 1 unspecified atom stereocenters. The topological polar surface area (TPSA) is 9.23 Å². The smallest absolute Gasteiger partial charge is 0.134 e. The molecule has 0 aliphatic heterocycles. The number of benzene rings is 1. The lowest BCUT2D eigenvalue weighted by Gasteiger charge is -2.17. The van der Waals surface area contributed by atoms with Crippen molar-refractivity contribution >= 4 is 15.9 Å². The molecule has 0 radical (unpaired) electrons. The van der Waals surface area contributed by atoms with Gasteiger partial charge >= 0.3 is 0 Å². The molecule has 0 amide bonds. The monoisotopic (exact) mass is 318 g/mol. The number of hydrogen-bond donors (Lipinski definition) is 0. The Hall–Kier alpha value is -0.640. The van der Waals surface area contributed by atoms with Gasteiger partial charge in [-0.15, -0.1) is 0 Å². The van der Waals surface area contributed by atoms with Crippen LogP contribution < -0.4 is 4.74 Å². The van der Waals surface area contributed by atoms with E-state index in [0.29, 0.717) is 5.92 Å². The van der Waals surface area contributed by atoms with Crippen LogP contribution in [0.4, 0.5) is 8.78 Å². The number of halogens is 3. The van der Waals surface area contributed by atoms with E-state index in [9.17, 15) is 8.78 Å². The van der Waals surface area contributed by atoms with E-state index in [4.69, 9.17) is 4.74 Å². The van der Waals surface area contributed by atoms with Gasteiger partial charge in [-0.3, -0.25) is 0 Å². The maximum Gasteiger partial charge on any atom is 0.134 e. The Morgan fingerprint density at radius 3 is 2.33 bits per heavy atom. The number of rotatable bonds is 4. The molecule has 2 rings (SSSR count). The van der Waals surface area contributed by atoms with Gasteiger partial charge in [-0.1, -0.05) is 41.6 Å². The van der Waals surface area contributed by atoms with Gasteiger partial charge in [-0.2, -0.15) is 0 Å². The molecule has 1 aliphatic carbocycles. The van der Waals surface area contributed by atoms with E-state index in [1.54, 1.807) is 0 Å². The highest BCUT2D eigenvalue weighted by Gasteiger charge is 2.24. The summed E-state index contributed by atoms with van der Waals surface area (Å²) in [5.74, 6) is -0.275. The average Bonchev–Trinajstić information content (AvgIpc) is 2.80. The van der Waals surface area contributed by atoms with Crippen molar-refractivity contribution < 1.29 is 13.5 Å². The van der Waals surface area contributed by atoms with E-state index in [-0.39, 0.29) is 16.1 Å². The zero-order valence-corrected chi connectivity index (χ0v) is 12.0. The summed E-state index contributed by atoms with van der Waals surface area (Å²) in [5, 5.41) is 0. The van der Waals surface area contributed by atoms with Crippen molar-refractivity contribution in [1.82, 2.24) is 0 Å². The lowest BCUT2D eigenvalue weighted by Crippen LogP contribution is -2.04. The van der Waals surface area contributed by atoms with Gasteiger partial charge in [0, 0.05) is 22.5 Å². The van der Waals surface area contributed by atoms with E-state index < -0.39 is 11.6 Å². The number of hydrogen-bond acceptors (Lipinski definition) is 1. The van der Waals surface area contributed by atoms with E-state index in [0.717, 1.165) is 6.42 Å². The fourth-order valence-electron chi connectivity index (χ4n) is 2.63. The zero-order valence-electron chi connectivity index (χ0n) is 10.4. The van der Waals surface area contributed by atoms with Crippen LogP contribution in [-0.2, 0) is 0 Å². The largest absolute Gasteiger partial charge is 0.497 e. The van der Waals surface area contributed by atoms with Gasteiger partial charge in [0.05, 0.1) is 7.11 Å². The quantitative estimate of drug-likeness (QED) is 0.711. The van der Waals surface area contributed by atoms with Gasteiger partial charge < -0.3 is 4.74 Å². The van der Waals surface area contributed by atoms with Crippen LogP contribution in [0.1, 0.15) is 42.5 Å². The van der Waals surface area contributed by atoms with Crippen LogP contribution in [-0.4, -0.2) is 7.11 Å². The maximum absolute atomic E-state index is 13.9. The molecule has 0 aromatic heterocycles. The SMILES string of the molecule is COc1cc(F)c(C(Br)CC2CCCC2)c(F)c1. The zero-order chi connectivity index (χ0) is 13.1. The van der Waals surface area contributed by atoms with Crippen molar-refractivity contribution in [3.63, 3.8) is 0 Å². The summed E-state index contributed by atoms with van der Waals surface area (Å²) in [4.78, 5) is -0.258. The lowest BCUT2D eigenvalue weighted by atomic mass is 9.97. The lowest BCUT2D eigenvalue weighted by molar-refractivity contribution is 0.403. The first-order chi connectivity index (χ1) is 8.61. The molecule has 0 N–H and O–H groups in total. The first kappa shape index (κ1) is 13.8. The van der Waals surface area contributed by atoms with Gasteiger partial charge in [0.25, 0.3) is 0 Å². The second-order valence-corrected chi connectivity index (χ2v) is 5.96. The van der Waals surface area contributed by atoms with Crippen LogP contribution in [0.5, 0.6) is 5.75 Å². The molecule has 1 saturated carbocycles.